The van der Waals surface area contributed by atoms with Crippen molar-refractivity contribution in [3.63, 3.8) is 0 Å². The molecule has 0 radical (unpaired) electrons. The molecule has 1 fully saturated rings. The third-order valence-electron chi connectivity index (χ3n) is 4.86. The summed E-state index contributed by atoms with van der Waals surface area (Å²) in [6, 6.07) is 13.9. The van der Waals surface area contributed by atoms with Gasteiger partial charge < -0.3 is 20.3 Å². The molecule has 2 heterocycles. The third-order valence-corrected chi connectivity index (χ3v) is 4.86. The summed E-state index contributed by atoms with van der Waals surface area (Å²) in [6.07, 6.45) is 3.18. The smallest absolute Gasteiger partial charge is 0.335 e. The number of hydrogen-bond donors (Lipinski definition) is 3. The number of halogens is 1. The predicted molar refractivity (Wildman–Crippen MR) is 116 cm³/mol. The number of aromatic carboxylic acids is 1. The minimum Gasteiger partial charge on any atom is -0.478 e. The number of rotatable bonds is 6. The van der Waals surface area contributed by atoms with Crippen molar-refractivity contribution in [2.45, 2.75) is 0 Å². The van der Waals surface area contributed by atoms with Crippen LogP contribution >= 0.6 is 0 Å². The van der Waals surface area contributed by atoms with Gasteiger partial charge in [-0.25, -0.2) is 18.9 Å². The fourth-order valence-corrected chi connectivity index (χ4v) is 3.25. The Morgan fingerprint density at radius 2 is 1.73 bits per heavy atom. The zero-order valence-electron chi connectivity index (χ0n) is 17.0. The number of amides is 4. The highest BCUT2D eigenvalue weighted by Gasteiger charge is 2.35. The molecule has 33 heavy (non-hydrogen) atoms. The van der Waals surface area contributed by atoms with Crippen molar-refractivity contribution in [2.75, 3.05) is 11.9 Å². The molecule has 166 valence electrons. The van der Waals surface area contributed by atoms with Gasteiger partial charge in [0.25, 0.3) is 5.91 Å². The van der Waals surface area contributed by atoms with Gasteiger partial charge in [0.2, 0.25) is 5.91 Å². The number of carbonyl (C=O) groups excluding carboxylic acids is 3. The second-order valence-electron chi connectivity index (χ2n) is 7.09. The van der Waals surface area contributed by atoms with Gasteiger partial charge in [-0.1, -0.05) is 0 Å². The average molecular weight is 448 g/mol. The Morgan fingerprint density at radius 3 is 2.39 bits per heavy atom. The van der Waals surface area contributed by atoms with Crippen LogP contribution in [0.1, 0.15) is 16.1 Å². The van der Waals surface area contributed by atoms with Crippen molar-refractivity contribution in [1.29, 1.82) is 0 Å². The molecule has 4 amide bonds. The largest absolute Gasteiger partial charge is 0.478 e. The third kappa shape index (κ3) is 4.64. The lowest BCUT2D eigenvalue weighted by atomic mass is 10.2. The molecule has 3 aromatic rings. The second-order valence-corrected chi connectivity index (χ2v) is 7.09. The number of carboxylic acid groups (broad SMARTS) is 1. The Hall–Kier alpha value is -4.73. The maximum Gasteiger partial charge on any atom is 0.335 e. The van der Waals surface area contributed by atoms with Crippen molar-refractivity contribution in [1.82, 2.24) is 14.8 Å². The Labute approximate surface area is 186 Å². The molecule has 1 aliphatic heterocycles. The van der Waals surface area contributed by atoms with Crippen LogP contribution in [0.25, 0.3) is 11.8 Å². The van der Waals surface area contributed by atoms with Crippen molar-refractivity contribution in [2.24, 2.45) is 0 Å². The molecule has 4 rings (SSSR count). The summed E-state index contributed by atoms with van der Waals surface area (Å²) in [7, 11) is 0. The fourth-order valence-electron chi connectivity index (χ4n) is 3.25. The number of carbonyl (C=O) groups is 4. The molecular weight excluding hydrogens is 431 g/mol. The van der Waals surface area contributed by atoms with Crippen molar-refractivity contribution >= 4 is 35.6 Å². The van der Waals surface area contributed by atoms with Gasteiger partial charge in [0.05, 0.1) is 5.56 Å². The van der Waals surface area contributed by atoms with E-state index in [1.807, 2.05) is 0 Å². The van der Waals surface area contributed by atoms with Crippen LogP contribution in [0.4, 0.5) is 14.9 Å². The number of nitrogens with one attached hydrogen (secondary N) is 2. The summed E-state index contributed by atoms with van der Waals surface area (Å²) in [5.41, 5.74) is 1.66. The average Bonchev–Trinajstić information content (AvgIpc) is 3.35. The van der Waals surface area contributed by atoms with E-state index in [2.05, 4.69) is 10.6 Å². The molecule has 0 bridgehead atoms. The first-order valence-electron chi connectivity index (χ1n) is 9.73. The van der Waals surface area contributed by atoms with E-state index in [1.165, 1.54) is 42.5 Å². The monoisotopic (exact) mass is 448 g/mol. The molecular formula is C23H17FN4O5. The lowest BCUT2D eigenvalue weighted by Crippen LogP contribution is -2.38. The van der Waals surface area contributed by atoms with Crippen LogP contribution in [0, 0.1) is 5.82 Å². The van der Waals surface area contributed by atoms with E-state index in [-0.39, 0.29) is 11.3 Å². The van der Waals surface area contributed by atoms with Crippen molar-refractivity contribution < 1.29 is 28.7 Å². The number of hydrogen-bond acceptors (Lipinski definition) is 4. The van der Waals surface area contributed by atoms with Gasteiger partial charge in [0.15, 0.2) is 0 Å². The van der Waals surface area contributed by atoms with Gasteiger partial charge >= 0.3 is 12.0 Å². The van der Waals surface area contributed by atoms with Gasteiger partial charge in [0.1, 0.15) is 18.1 Å². The van der Waals surface area contributed by atoms with Gasteiger partial charge in [-0.2, -0.15) is 0 Å². The number of anilines is 1. The summed E-state index contributed by atoms with van der Waals surface area (Å²) in [5, 5.41) is 14.0. The summed E-state index contributed by atoms with van der Waals surface area (Å²) in [4.78, 5) is 49.0. The van der Waals surface area contributed by atoms with Crippen LogP contribution < -0.4 is 10.6 Å². The highest BCUT2D eigenvalue weighted by atomic mass is 19.1. The fraction of sp³-hybridized carbons (Fsp3) is 0.0435. The molecule has 1 aromatic heterocycles. The quantitative estimate of drug-likeness (QED) is 0.396. The van der Waals surface area contributed by atoms with E-state index in [0.717, 1.165) is 4.90 Å². The van der Waals surface area contributed by atoms with Crippen LogP contribution in [0.15, 0.2) is 72.6 Å². The first kappa shape index (κ1) is 21.5. The summed E-state index contributed by atoms with van der Waals surface area (Å²) in [5.74, 6) is -2.80. The van der Waals surface area contributed by atoms with E-state index < -0.39 is 36.2 Å². The van der Waals surface area contributed by atoms with Crippen LogP contribution in [0.2, 0.25) is 0 Å². The summed E-state index contributed by atoms with van der Waals surface area (Å²) < 4.78 is 14.7. The molecule has 9 nitrogen and oxygen atoms in total. The maximum atomic E-state index is 13.0. The zero-order chi connectivity index (χ0) is 23.5. The van der Waals surface area contributed by atoms with Crippen LogP contribution in [0.3, 0.4) is 0 Å². The van der Waals surface area contributed by atoms with Gasteiger partial charge in [0, 0.05) is 23.3 Å². The molecule has 10 heteroatoms. The number of urea groups is 1. The Morgan fingerprint density at radius 1 is 1.03 bits per heavy atom. The topological polar surface area (TPSA) is 121 Å². The SMILES string of the molecule is O=C(CN1C(=O)NC(=Cc2cccn2-c2ccc(C(=O)O)cc2)C1=O)Nc1ccc(F)cc1. The number of aromatic nitrogens is 1. The molecule has 1 saturated heterocycles. The van der Waals surface area contributed by atoms with Crippen LogP contribution in [-0.2, 0) is 9.59 Å². The standard InChI is InChI=1S/C23H17FN4O5/c24-15-5-7-16(8-6-15)25-20(29)13-28-21(30)19(26-23(28)33)12-18-2-1-11-27(18)17-9-3-14(4-10-17)22(31)32/h1-12H,13H2,(H,25,29)(H,26,33)(H,31,32). The normalized spacial score (nSPS) is 14.5. The first-order chi connectivity index (χ1) is 15.8. The Kier molecular flexibility index (Phi) is 5.73. The number of imide groups is 1. The maximum absolute atomic E-state index is 13.0. The molecule has 0 saturated carbocycles. The Bertz CT molecular complexity index is 1280. The zero-order valence-corrected chi connectivity index (χ0v) is 17.0. The van der Waals surface area contributed by atoms with Crippen molar-refractivity contribution in [3.8, 4) is 5.69 Å². The summed E-state index contributed by atoms with van der Waals surface area (Å²) >= 11 is 0. The molecule has 2 aromatic carbocycles. The van der Waals surface area contributed by atoms with Crippen LogP contribution in [-0.4, -0.2) is 44.9 Å². The van der Waals surface area contributed by atoms with E-state index in [9.17, 15) is 23.6 Å². The number of benzene rings is 2. The van der Waals surface area contributed by atoms with Crippen LogP contribution in [0.5, 0.6) is 0 Å². The number of nitrogens with zero attached hydrogens (tertiary/aromatic N) is 2. The molecule has 1 aliphatic rings. The van der Waals surface area contributed by atoms with Gasteiger partial charge in [-0.05, 0) is 66.7 Å². The first-order valence-corrected chi connectivity index (χ1v) is 9.73. The minimum absolute atomic E-state index is 0.0170. The molecule has 0 atom stereocenters. The van der Waals surface area contributed by atoms with E-state index >= 15 is 0 Å². The van der Waals surface area contributed by atoms with E-state index in [1.54, 1.807) is 35.0 Å². The van der Waals surface area contributed by atoms with Gasteiger partial charge in [-0.3, -0.25) is 9.59 Å². The second kappa shape index (κ2) is 8.79. The molecule has 0 spiro atoms. The van der Waals surface area contributed by atoms with Crippen molar-refractivity contribution in [3.05, 3.63) is 89.6 Å². The summed E-state index contributed by atoms with van der Waals surface area (Å²) in [6.45, 7) is -0.517. The Balaban J connectivity index is 1.49. The lowest BCUT2D eigenvalue weighted by Gasteiger charge is -2.12. The molecule has 0 unspecified atom stereocenters. The number of carboxylic acids is 1. The van der Waals surface area contributed by atoms with Gasteiger partial charge in [-0.15, -0.1) is 0 Å². The van der Waals surface area contributed by atoms with E-state index in [0.29, 0.717) is 17.1 Å². The predicted octanol–water partition coefficient (Wildman–Crippen LogP) is 2.85. The highest BCUT2D eigenvalue weighted by molar-refractivity contribution is 6.15. The molecule has 3 N–H and O–H groups in total. The minimum atomic E-state index is -1.04. The lowest BCUT2D eigenvalue weighted by molar-refractivity contribution is -0.127. The highest BCUT2D eigenvalue weighted by Crippen LogP contribution is 2.19. The van der Waals surface area contributed by atoms with E-state index in [4.69, 9.17) is 5.11 Å². The molecule has 0 aliphatic carbocycles.